The third-order valence-electron chi connectivity index (χ3n) is 5.88. The van der Waals surface area contributed by atoms with E-state index in [9.17, 15) is 14.4 Å². The van der Waals surface area contributed by atoms with Crippen LogP contribution in [0, 0.1) is 0 Å². The second-order valence-electron chi connectivity index (χ2n) is 7.62. The molecule has 7 heteroatoms. The van der Waals surface area contributed by atoms with Gasteiger partial charge in [-0.05, 0) is 37.8 Å². The van der Waals surface area contributed by atoms with Crippen molar-refractivity contribution in [2.75, 3.05) is 24.5 Å². The molecule has 1 aromatic carbocycles. The van der Waals surface area contributed by atoms with Crippen molar-refractivity contribution in [2.24, 2.45) is 0 Å². The summed E-state index contributed by atoms with van der Waals surface area (Å²) in [6.07, 6.45) is 5.94. The van der Waals surface area contributed by atoms with Crippen LogP contribution in [0.5, 0.6) is 0 Å². The summed E-state index contributed by atoms with van der Waals surface area (Å²) in [6.45, 7) is 1.35. The maximum absolute atomic E-state index is 12.8. The minimum absolute atomic E-state index is 0.00527. The van der Waals surface area contributed by atoms with E-state index >= 15 is 0 Å². The third kappa shape index (κ3) is 3.63. The maximum Gasteiger partial charge on any atom is 0.332 e. The van der Waals surface area contributed by atoms with E-state index in [-0.39, 0.29) is 30.6 Å². The summed E-state index contributed by atoms with van der Waals surface area (Å²) in [5.74, 6) is -0.187. The number of para-hydroxylation sites is 1. The average molecular weight is 370 g/mol. The van der Waals surface area contributed by atoms with E-state index in [1.807, 2.05) is 23.1 Å². The van der Waals surface area contributed by atoms with Crippen LogP contribution in [0.25, 0.3) is 0 Å². The fraction of sp³-hybridized carbons (Fsp3) is 0.550. The Morgan fingerprint density at radius 3 is 2.30 bits per heavy atom. The molecule has 1 aliphatic carbocycles. The van der Waals surface area contributed by atoms with Crippen molar-refractivity contribution in [1.29, 1.82) is 0 Å². The lowest BCUT2D eigenvalue weighted by Crippen LogP contribution is -2.51. The highest BCUT2D eigenvalue weighted by Gasteiger charge is 2.41. The molecule has 3 fully saturated rings. The molecule has 2 aliphatic heterocycles. The number of anilines is 1. The van der Waals surface area contributed by atoms with Crippen LogP contribution in [0.1, 0.15) is 38.5 Å². The van der Waals surface area contributed by atoms with Crippen LogP contribution < -0.4 is 10.2 Å². The topological polar surface area (TPSA) is 73.0 Å². The van der Waals surface area contributed by atoms with Crippen molar-refractivity contribution in [3.63, 3.8) is 0 Å². The highest BCUT2D eigenvalue weighted by Crippen LogP contribution is 2.26. The molecule has 0 unspecified atom stereocenters. The minimum Gasteiger partial charge on any atom is -0.335 e. The molecule has 1 aromatic rings. The Kier molecular flexibility index (Phi) is 5.01. The van der Waals surface area contributed by atoms with Crippen LogP contribution in [0.2, 0.25) is 0 Å². The van der Waals surface area contributed by atoms with E-state index in [1.54, 1.807) is 17.0 Å². The summed E-state index contributed by atoms with van der Waals surface area (Å²) >= 11 is 0. The van der Waals surface area contributed by atoms with Gasteiger partial charge in [0.15, 0.2) is 0 Å². The second-order valence-corrected chi connectivity index (χ2v) is 7.62. The molecule has 0 atom stereocenters. The van der Waals surface area contributed by atoms with Gasteiger partial charge in [0, 0.05) is 25.2 Å². The van der Waals surface area contributed by atoms with E-state index in [0.717, 1.165) is 12.8 Å². The molecule has 7 nitrogen and oxygen atoms in total. The fourth-order valence-corrected chi connectivity index (χ4v) is 4.35. The average Bonchev–Trinajstić information content (AvgIpc) is 3.30. The predicted octanol–water partition coefficient (Wildman–Crippen LogP) is 2.57. The summed E-state index contributed by atoms with van der Waals surface area (Å²) in [4.78, 5) is 42.4. The molecule has 0 spiro atoms. The zero-order valence-electron chi connectivity index (χ0n) is 15.5. The standard InChI is InChI=1S/C20H26N4O3/c25-18-14-23(20(27)24(18)17-8-2-1-3-9-17)16-10-12-22(13-11-16)19(26)21-15-6-4-5-7-15/h1-3,8-9,15-16H,4-7,10-14H2,(H,21,26). The molecule has 0 bridgehead atoms. The van der Waals surface area contributed by atoms with Gasteiger partial charge in [-0.3, -0.25) is 4.79 Å². The Morgan fingerprint density at radius 1 is 0.963 bits per heavy atom. The van der Waals surface area contributed by atoms with Gasteiger partial charge in [-0.25, -0.2) is 14.5 Å². The molecule has 144 valence electrons. The summed E-state index contributed by atoms with van der Waals surface area (Å²) < 4.78 is 0. The van der Waals surface area contributed by atoms with Gasteiger partial charge in [0.25, 0.3) is 5.91 Å². The van der Waals surface area contributed by atoms with Gasteiger partial charge in [0.2, 0.25) is 0 Å². The van der Waals surface area contributed by atoms with Crippen LogP contribution in [-0.2, 0) is 4.79 Å². The van der Waals surface area contributed by atoms with Crippen molar-refractivity contribution in [3.05, 3.63) is 30.3 Å². The minimum atomic E-state index is -0.250. The lowest BCUT2D eigenvalue weighted by molar-refractivity contribution is -0.116. The number of benzene rings is 1. The molecule has 2 heterocycles. The molecule has 3 aliphatic rings. The van der Waals surface area contributed by atoms with Crippen molar-refractivity contribution in [2.45, 2.75) is 50.6 Å². The first kappa shape index (κ1) is 17.8. The SMILES string of the molecule is O=C(NC1CCCC1)N1CCC(N2CC(=O)N(c3ccccc3)C2=O)CC1. The monoisotopic (exact) mass is 370 g/mol. The first-order valence-corrected chi connectivity index (χ1v) is 9.87. The summed E-state index contributed by atoms with van der Waals surface area (Å²) in [5.41, 5.74) is 0.614. The zero-order chi connectivity index (χ0) is 18.8. The van der Waals surface area contributed by atoms with E-state index in [1.165, 1.54) is 17.7 Å². The Balaban J connectivity index is 1.33. The first-order valence-electron chi connectivity index (χ1n) is 9.87. The fourth-order valence-electron chi connectivity index (χ4n) is 4.35. The molecule has 27 heavy (non-hydrogen) atoms. The number of carbonyl (C=O) groups is 3. The largest absolute Gasteiger partial charge is 0.335 e. The number of nitrogens with zero attached hydrogens (tertiary/aromatic N) is 3. The number of likely N-dealkylation sites (tertiary alicyclic amines) is 1. The van der Waals surface area contributed by atoms with Gasteiger partial charge in [0.05, 0.1) is 5.69 Å². The van der Waals surface area contributed by atoms with Gasteiger partial charge in [-0.1, -0.05) is 31.0 Å². The van der Waals surface area contributed by atoms with Gasteiger partial charge >= 0.3 is 12.1 Å². The molecule has 2 saturated heterocycles. The van der Waals surface area contributed by atoms with E-state index < -0.39 is 0 Å². The number of urea groups is 2. The van der Waals surface area contributed by atoms with Crippen LogP contribution in [0.3, 0.4) is 0 Å². The van der Waals surface area contributed by atoms with Crippen LogP contribution in [-0.4, -0.2) is 59.5 Å². The Morgan fingerprint density at radius 2 is 1.63 bits per heavy atom. The molecule has 1 saturated carbocycles. The number of hydrogen-bond acceptors (Lipinski definition) is 3. The molecule has 4 rings (SSSR count). The maximum atomic E-state index is 12.8. The molecular formula is C20H26N4O3. The van der Waals surface area contributed by atoms with Gasteiger partial charge in [0.1, 0.15) is 6.54 Å². The first-order chi connectivity index (χ1) is 13.1. The van der Waals surface area contributed by atoms with Gasteiger partial charge < -0.3 is 15.1 Å². The van der Waals surface area contributed by atoms with Gasteiger partial charge in [-0.15, -0.1) is 0 Å². The molecule has 0 aromatic heterocycles. The molecule has 0 radical (unpaired) electrons. The summed E-state index contributed by atoms with van der Waals surface area (Å²) in [7, 11) is 0. The van der Waals surface area contributed by atoms with E-state index in [4.69, 9.17) is 0 Å². The highest BCUT2D eigenvalue weighted by molar-refractivity contribution is 6.19. The number of carbonyl (C=O) groups excluding carboxylic acids is 3. The Hall–Kier alpha value is -2.57. The van der Waals surface area contributed by atoms with E-state index in [2.05, 4.69) is 5.32 Å². The molecular weight excluding hydrogens is 344 g/mol. The van der Waals surface area contributed by atoms with Crippen molar-refractivity contribution >= 4 is 23.7 Å². The quantitative estimate of drug-likeness (QED) is 0.831. The number of hydrogen-bond donors (Lipinski definition) is 1. The highest BCUT2D eigenvalue weighted by atomic mass is 16.2. The summed E-state index contributed by atoms with van der Waals surface area (Å²) in [6, 6.07) is 9.12. The lowest BCUT2D eigenvalue weighted by Gasteiger charge is -2.36. The number of nitrogens with one attached hydrogen (secondary N) is 1. The van der Waals surface area contributed by atoms with E-state index in [0.29, 0.717) is 37.7 Å². The third-order valence-corrected chi connectivity index (χ3v) is 5.88. The lowest BCUT2D eigenvalue weighted by atomic mass is 10.0. The Labute approximate surface area is 159 Å². The number of piperidine rings is 1. The van der Waals surface area contributed by atoms with Gasteiger partial charge in [-0.2, -0.15) is 0 Å². The molecule has 1 N–H and O–H groups in total. The normalized spacial score (nSPS) is 22.0. The zero-order valence-corrected chi connectivity index (χ0v) is 15.5. The number of amides is 5. The Bertz CT molecular complexity index is 709. The number of rotatable bonds is 3. The van der Waals surface area contributed by atoms with Crippen LogP contribution in [0.15, 0.2) is 30.3 Å². The van der Waals surface area contributed by atoms with Crippen molar-refractivity contribution in [1.82, 2.24) is 15.1 Å². The predicted molar refractivity (Wildman–Crippen MR) is 101 cm³/mol. The van der Waals surface area contributed by atoms with Crippen LogP contribution in [0.4, 0.5) is 15.3 Å². The summed E-state index contributed by atoms with van der Waals surface area (Å²) in [5, 5.41) is 3.12. The molecule has 5 amide bonds. The number of imide groups is 1. The smallest absolute Gasteiger partial charge is 0.332 e. The second kappa shape index (κ2) is 7.58. The van der Waals surface area contributed by atoms with Crippen molar-refractivity contribution < 1.29 is 14.4 Å². The van der Waals surface area contributed by atoms with Crippen LogP contribution >= 0.6 is 0 Å². The van der Waals surface area contributed by atoms with Crippen molar-refractivity contribution in [3.8, 4) is 0 Å².